The number of rotatable bonds is 1. The first-order valence-electron chi connectivity index (χ1n) is 3.66. The van der Waals surface area contributed by atoms with Crippen LogP contribution in [-0.2, 0) is 0 Å². The van der Waals surface area contributed by atoms with Crippen molar-refractivity contribution < 1.29 is 13.7 Å². The standard InChI is InChI=1S/C9H5F2NO/c10-9-6-3-1-2-4-7(6)12(11)8(9)5-13/h1-5H. The molecule has 1 aromatic heterocycles. The fourth-order valence-corrected chi connectivity index (χ4v) is 1.28. The third-order valence-electron chi connectivity index (χ3n) is 1.90. The molecule has 0 unspecified atom stereocenters. The van der Waals surface area contributed by atoms with Crippen LogP contribution in [0.4, 0.5) is 8.87 Å². The van der Waals surface area contributed by atoms with Crippen molar-refractivity contribution in [2.45, 2.75) is 0 Å². The van der Waals surface area contributed by atoms with Crippen molar-refractivity contribution >= 4 is 17.2 Å². The molecule has 2 rings (SSSR count). The average Bonchev–Trinajstić information content (AvgIpc) is 2.41. The van der Waals surface area contributed by atoms with E-state index in [0.717, 1.165) is 0 Å². The Balaban J connectivity index is 2.96. The van der Waals surface area contributed by atoms with Crippen LogP contribution < -0.4 is 0 Å². The number of para-hydroxylation sites is 1. The number of aldehydes is 1. The molecule has 66 valence electrons. The molecule has 0 amide bonds. The monoisotopic (exact) mass is 181 g/mol. The molecule has 0 radical (unpaired) electrons. The van der Waals surface area contributed by atoms with E-state index < -0.39 is 11.5 Å². The molecule has 0 aliphatic rings. The largest absolute Gasteiger partial charge is 0.296 e. The zero-order valence-corrected chi connectivity index (χ0v) is 6.50. The highest BCUT2D eigenvalue weighted by Crippen LogP contribution is 2.23. The lowest BCUT2D eigenvalue weighted by Gasteiger charge is -1.89. The third-order valence-corrected chi connectivity index (χ3v) is 1.90. The van der Waals surface area contributed by atoms with E-state index in [-0.39, 0.29) is 22.0 Å². The molecule has 2 aromatic rings. The smallest absolute Gasteiger partial charge is 0.172 e. The van der Waals surface area contributed by atoms with Gasteiger partial charge in [-0.3, -0.25) is 4.79 Å². The van der Waals surface area contributed by atoms with Crippen molar-refractivity contribution in [1.82, 2.24) is 4.79 Å². The van der Waals surface area contributed by atoms with Crippen LogP contribution in [0.1, 0.15) is 10.5 Å². The summed E-state index contributed by atoms with van der Waals surface area (Å²) < 4.78 is 26.3. The van der Waals surface area contributed by atoms with Crippen LogP contribution in [0.25, 0.3) is 10.9 Å². The Morgan fingerprint density at radius 3 is 2.62 bits per heavy atom. The van der Waals surface area contributed by atoms with E-state index in [1.54, 1.807) is 12.1 Å². The summed E-state index contributed by atoms with van der Waals surface area (Å²) in [6, 6.07) is 5.99. The number of aromatic nitrogens is 1. The zero-order valence-electron chi connectivity index (χ0n) is 6.50. The number of nitrogens with zero attached hydrogens (tertiary/aromatic N) is 1. The second-order valence-electron chi connectivity index (χ2n) is 2.62. The van der Waals surface area contributed by atoms with Gasteiger partial charge in [0.05, 0.1) is 5.52 Å². The first-order chi connectivity index (χ1) is 6.25. The highest BCUT2D eigenvalue weighted by Gasteiger charge is 2.15. The highest BCUT2D eigenvalue weighted by molar-refractivity contribution is 5.89. The van der Waals surface area contributed by atoms with Gasteiger partial charge in [0.15, 0.2) is 17.8 Å². The number of hydrogen-bond donors (Lipinski definition) is 0. The third kappa shape index (κ3) is 0.950. The first kappa shape index (κ1) is 7.91. The predicted octanol–water partition coefficient (Wildman–Crippen LogP) is 2.33. The fourth-order valence-electron chi connectivity index (χ4n) is 1.28. The molecular formula is C9H5F2NO. The van der Waals surface area contributed by atoms with E-state index in [4.69, 9.17) is 0 Å². The number of carbonyl (C=O) groups is 1. The molecule has 0 aliphatic carbocycles. The summed E-state index contributed by atoms with van der Waals surface area (Å²) in [5.74, 6) is -0.812. The van der Waals surface area contributed by atoms with E-state index in [2.05, 4.69) is 0 Å². The van der Waals surface area contributed by atoms with Crippen LogP contribution in [0.2, 0.25) is 0 Å². The molecule has 0 bridgehead atoms. The van der Waals surface area contributed by atoms with Gasteiger partial charge in [-0.1, -0.05) is 16.6 Å². The lowest BCUT2D eigenvalue weighted by Crippen LogP contribution is -1.90. The van der Waals surface area contributed by atoms with Gasteiger partial charge >= 0.3 is 0 Å². The minimum Gasteiger partial charge on any atom is -0.296 e. The Morgan fingerprint density at radius 2 is 2.00 bits per heavy atom. The molecule has 0 aliphatic heterocycles. The molecule has 0 saturated carbocycles. The van der Waals surface area contributed by atoms with Gasteiger partial charge < -0.3 is 0 Å². The van der Waals surface area contributed by atoms with Gasteiger partial charge in [0.1, 0.15) is 0 Å². The molecule has 13 heavy (non-hydrogen) atoms. The molecule has 0 atom stereocenters. The van der Waals surface area contributed by atoms with E-state index in [9.17, 15) is 13.7 Å². The van der Waals surface area contributed by atoms with Crippen molar-refractivity contribution in [3.8, 4) is 0 Å². The van der Waals surface area contributed by atoms with Crippen molar-refractivity contribution in [2.75, 3.05) is 0 Å². The molecule has 0 saturated heterocycles. The van der Waals surface area contributed by atoms with Gasteiger partial charge in [0.25, 0.3) is 0 Å². The SMILES string of the molecule is O=Cc1c(F)c2ccccc2n1F. The molecule has 1 aromatic carbocycles. The van der Waals surface area contributed by atoms with Crippen LogP contribution in [0, 0.1) is 5.82 Å². The first-order valence-corrected chi connectivity index (χ1v) is 3.66. The summed E-state index contributed by atoms with van der Waals surface area (Å²) in [7, 11) is 0. The van der Waals surface area contributed by atoms with Crippen LogP contribution in [0.5, 0.6) is 0 Å². The van der Waals surface area contributed by atoms with Gasteiger partial charge in [-0.25, -0.2) is 4.39 Å². The van der Waals surface area contributed by atoms with Gasteiger partial charge in [-0.15, -0.1) is 0 Å². The van der Waals surface area contributed by atoms with Gasteiger partial charge in [-0.05, 0) is 12.1 Å². The van der Waals surface area contributed by atoms with Gasteiger partial charge in [-0.2, -0.15) is 4.79 Å². The molecule has 1 heterocycles. The Bertz CT molecular complexity index is 437. The van der Waals surface area contributed by atoms with Crippen LogP contribution in [-0.4, -0.2) is 11.1 Å². The molecule has 0 fully saturated rings. The number of benzene rings is 1. The maximum Gasteiger partial charge on any atom is 0.172 e. The Morgan fingerprint density at radius 1 is 1.31 bits per heavy atom. The van der Waals surface area contributed by atoms with E-state index in [1.165, 1.54) is 12.1 Å². The summed E-state index contributed by atoms with van der Waals surface area (Å²) in [6.07, 6.45) is 0.162. The zero-order chi connectivity index (χ0) is 9.42. The highest BCUT2D eigenvalue weighted by atomic mass is 19.2. The average molecular weight is 181 g/mol. The Kier molecular flexibility index (Phi) is 1.62. The number of halogens is 2. The second kappa shape index (κ2) is 2.65. The topological polar surface area (TPSA) is 22.0 Å². The number of carbonyl (C=O) groups excluding carboxylic acids is 1. The lowest BCUT2D eigenvalue weighted by molar-refractivity contribution is 0.110. The van der Waals surface area contributed by atoms with Crippen LogP contribution >= 0.6 is 0 Å². The fraction of sp³-hybridized carbons (Fsp3) is 0. The van der Waals surface area contributed by atoms with Crippen molar-refractivity contribution in [1.29, 1.82) is 0 Å². The van der Waals surface area contributed by atoms with Crippen molar-refractivity contribution in [3.05, 3.63) is 35.8 Å². The quantitative estimate of drug-likeness (QED) is 0.619. The summed E-state index contributed by atoms with van der Waals surface area (Å²) in [6.45, 7) is 0. The van der Waals surface area contributed by atoms with E-state index >= 15 is 0 Å². The summed E-state index contributed by atoms with van der Waals surface area (Å²) in [5, 5.41) is 0.118. The van der Waals surface area contributed by atoms with Crippen molar-refractivity contribution in [2.24, 2.45) is 0 Å². The van der Waals surface area contributed by atoms with Gasteiger partial charge in [0, 0.05) is 5.39 Å². The second-order valence-corrected chi connectivity index (χ2v) is 2.62. The molecular weight excluding hydrogens is 176 g/mol. The lowest BCUT2D eigenvalue weighted by atomic mass is 10.2. The molecule has 4 heteroatoms. The minimum atomic E-state index is -0.812. The summed E-state index contributed by atoms with van der Waals surface area (Å²) in [4.78, 5) is 10.4. The molecule has 0 N–H and O–H groups in total. The molecule has 2 nitrogen and oxygen atoms in total. The van der Waals surface area contributed by atoms with Crippen LogP contribution in [0.15, 0.2) is 24.3 Å². The van der Waals surface area contributed by atoms with Gasteiger partial charge in [0.2, 0.25) is 0 Å². The maximum atomic E-state index is 13.2. The Hall–Kier alpha value is -1.71. The van der Waals surface area contributed by atoms with E-state index in [1.807, 2.05) is 0 Å². The normalized spacial score (nSPS) is 10.6. The maximum absolute atomic E-state index is 13.2. The van der Waals surface area contributed by atoms with E-state index in [0.29, 0.717) is 0 Å². The van der Waals surface area contributed by atoms with Crippen LogP contribution in [0.3, 0.4) is 0 Å². The predicted molar refractivity (Wildman–Crippen MR) is 43.8 cm³/mol. The van der Waals surface area contributed by atoms with Crippen molar-refractivity contribution in [3.63, 3.8) is 0 Å². The summed E-state index contributed by atoms with van der Waals surface area (Å²) in [5.41, 5.74) is -0.497. The Labute approximate surface area is 72.3 Å². The molecule has 0 spiro atoms. The summed E-state index contributed by atoms with van der Waals surface area (Å²) >= 11 is 0. The number of fused-ring (bicyclic) bond motifs is 1. The number of hydrogen-bond acceptors (Lipinski definition) is 1. The minimum absolute atomic E-state index is 0.0532.